The van der Waals surface area contributed by atoms with E-state index in [9.17, 15) is 5.11 Å². The molecule has 0 aliphatic rings. The Kier molecular flexibility index (Phi) is 6.51. The largest absolute Gasteiger partial charge is 0.390 e. The highest BCUT2D eigenvalue weighted by Crippen LogP contribution is 2.29. The van der Waals surface area contributed by atoms with Gasteiger partial charge in [0.2, 0.25) is 0 Å². The van der Waals surface area contributed by atoms with Crippen molar-refractivity contribution in [2.24, 2.45) is 17.8 Å². The van der Waals surface area contributed by atoms with Gasteiger partial charge in [-0.2, -0.15) is 0 Å². The van der Waals surface area contributed by atoms with E-state index in [-0.39, 0.29) is 0 Å². The molecule has 0 radical (unpaired) electrons. The third kappa shape index (κ3) is 5.55. The van der Waals surface area contributed by atoms with Crippen molar-refractivity contribution in [1.82, 2.24) is 0 Å². The fourth-order valence-corrected chi connectivity index (χ4v) is 2.21. The molecule has 0 saturated heterocycles. The molecule has 1 heteroatoms. The van der Waals surface area contributed by atoms with Crippen LogP contribution in [0.25, 0.3) is 0 Å². The molecule has 0 spiro atoms. The van der Waals surface area contributed by atoms with Crippen molar-refractivity contribution in [2.45, 2.75) is 72.8 Å². The highest BCUT2D eigenvalue weighted by molar-refractivity contribution is 4.77. The van der Waals surface area contributed by atoms with Crippen molar-refractivity contribution in [1.29, 1.82) is 0 Å². The molecule has 0 aromatic heterocycles. The summed E-state index contributed by atoms with van der Waals surface area (Å²) in [7, 11) is 0. The molecule has 0 amide bonds. The van der Waals surface area contributed by atoms with Crippen LogP contribution in [-0.2, 0) is 0 Å². The molecule has 0 aliphatic carbocycles. The molecule has 0 aliphatic heterocycles. The zero-order valence-corrected chi connectivity index (χ0v) is 11.5. The third-order valence-electron chi connectivity index (χ3n) is 4.08. The number of aliphatic hydroxyl groups is 1. The lowest BCUT2D eigenvalue weighted by Crippen LogP contribution is -2.30. The summed E-state index contributed by atoms with van der Waals surface area (Å²) in [6, 6.07) is 0. The Labute approximate surface area is 96.3 Å². The average molecular weight is 214 g/mol. The minimum absolute atomic E-state index is 0.448. The molecule has 3 unspecified atom stereocenters. The first-order chi connectivity index (χ1) is 6.82. The van der Waals surface area contributed by atoms with E-state index in [1.165, 1.54) is 12.8 Å². The van der Waals surface area contributed by atoms with Gasteiger partial charge in [0, 0.05) is 0 Å². The molecule has 1 nitrogen and oxygen atoms in total. The predicted octanol–water partition coefficient (Wildman–Crippen LogP) is 4.25. The van der Waals surface area contributed by atoms with E-state index in [1.54, 1.807) is 0 Å². The molecule has 92 valence electrons. The van der Waals surface area contributed by atoms with Crippen LogP contribution in [0.3, 0.4) is 0 Å². The molecule has 0 aromatic rings. The number of hydrogen-bond acceptors (Lipinski definition) is 1. The molecule has 0 bridgehead atoms. The summed E-state index contributed by atoms with van der Waals surface area (Å²) in [6.45, 7) is 13.0. The van der Waals surface area contributed by atoms with Gasteiger partial charge in [-0.3, -0.25) is 0 Å². The van der Waals surface area contributed by atoms with Crippen molar-refractivity contribution < 1.29 is 5.11 Å². The molecule has 0 rings (SSSR count). The molecule has 0 fully saturated rings. The first-order valence-electron chi connectivity index (χ1n) is 6.55. The van der Waals surface area contributed by atoms with E-state index in [0.717, 1.165) is 24.7 Å². The van der Waals surface area contributed by atoms with Crippen LogP contribution in [0.15, 0.2) is 0 Å². The van der Waals surface area contributed by atoms with Crippen molar-refractivity contribution in [3.63, 3.8) is 0 Å². The predicted molar refractivity (Wildman–Crippen MR) is 67.9 cm³/mol. The molecular formula is C14H30O. The van der Waals surface area contributed by atoms with E-state index < -0.39 is 5.60 Å². The average Bonchev–Trinajstić information content (AvgIpc) is 2.15. The molecule has 3 atom stereocenters. The van der Waals surface area contributed by atoms with E-state index in [1.807, 2.05) is 13.8 Å². The fourth-order valence-electron chi connectivity index (χ4n) is 2.21. The Bertz CT molecular complexity index is 157. The molecule has 0 aromatic carbocycles. The van der Waals surface area contributed by atoms with Crippen LogP contribution in [0, 0.1) is 17.8 Å². The lowest BCUT2D eigenvalue weighted by atomic mass is 9.80. The molecular weight excluding hydrogens is 184 g/mol. The van der Waals surface area contributed by atoms with Gasteiger partial charge in [-0.1, -0.05) is 47.0 Å². The van der Waals surface area contributed by atoms with Crippen LogP contribution in [0.1, 0.15) is 67.2 Å². The normalized spacial score (nSPS) is 18.6. The zero-order valence-electron chi connectivity index (χ0n) is 11.5. The van der Waals surface area contributed by atoms with E-state index >= 15 is 0 Å². The quantitative estimate of drug-likeness (QED) is 0.672. The van der Waals surface area contributed by atoms with Crippen molar-refractivity contribution in [2.75, 3.05) is 0 Å². The van der Waals surface area contributed by atoms with E-state index in [0.29, 0.717) is 5.92 Å². The topological polar surface area (TPSA) is 20.2 Å². The van der Waals surface area contributed by atoms with Crippen LogP contribution in [-0.4, -0.2) is 10.7 Å². The van der Waals surface area contributed by atoms with Gasteiger partial charge in [0.25, 0.3) is 0 Å². The Balaban J connectivity index is 4.01. The number of hydrogen-bond donors (Lipinski definition) is 1. The molecule has 15 heavy (non-hydrogen) atoms. The van der Waals surface area contributed by atoms with Crippen LogP contribution in [0.4, 0.5) is 0 Å². The van der Waals surface area contributed by atoms with Crippen LogP contribution in [0.2, 0.25) is 0 Å². The van der Waals surface area contributed by atoms with E-state index in [2.05, 4.69) is 27.7 Å². The summed E-state index contributed by atoms with van der Waals surface area (Å²) >= 11 is 0. The van der Waals surface area contributed by atoms with Gasteiger partial charge in [0.1, 0.15) is 0 Å². The second-order valence-corrected chi connectivity index (χ2v) is 5.70. The Morgan fingerprint density at radius 3 is 1.80 bits per heavy atom. The summed E-state index contributed by atoms with van der Waals surface area (Å²) in [5, 5.41) is 9.99. The third-order valence-corrected chi connectivity index (χ3v) is 4.08. The van der Waals surface area contributed by atoms with Crippen LogP contribution >= 0.6 is 0 Å². The van der Waals surface area contributed by atoms with E-state index in [4.69, 9.17) is 0 Å². The summed E-state index contributed by atoms with van der Waals surface area (Å²) in [5.74, 6) is 2.04. The van der Waals surface area contributed by atoms with Crippen LogP contribution < -0.4 is 0 Å². The summed E-state index contributed by atoms with van der Waals surface area (Å²) < 4.78 is 0. The fraction of sp³-hybridized carbons (Fsp3) is 1.00. The molecule has 0 heterocycles. The van der Waals surface area contributed by atoms with Gasteiger partial charge in [-0.05, 0) is 38.0 Å². The zero-order chi connectivity index (χ0) is 12.1. The second kappa shape index (κ2) is 6.52. The smallest absolute Gasteiger partial charge is 0.0619 e. The lowest BCUT2D eigenvalue weighted by Gasteiger charge is -2.30. The van der Waals surface area contributed by atoms with Gasteiger partial charge in [0.15, 0.2) is 0 Å². The minimum Gasteiger partial charge on any atom is -0.390 e. The Hall–Kier alpha value is -0.0400. The van der Waals surface area contributed by atoms with Crippen molar-refractivity contribution >= 4 is 0 Å². The maximum atomic E-state index is 9.99. The van der Waals surface area contributed by atoms with Gasteiger partial charge >= 0.3 is 0 Å². The van der Waals surface area contributed by atoms with Crippen molar-refractivity contribution in [3.8, 4) is 0 Å². The molecule has 0 saturated carbocycles. The standard InChI is InChI=1S/C14H30O/c1-7-11(3)12(4)9-10-13(8-2)14(5,6)15/h11-13,15H,7-10H2,1-6H3. The summed E-state index contributed by atoms with van der Waals surface area (Å²) in [5.41, 5.74) is -0.510. The highest BCUT2D eigenvalue weighted by Gasteiger charge is 2.25. The van der Waals surface area contributed by atoms with Crippen molar-refractivity contribution in [3.05, 3.63) is 0 Å². The Morgan fingerprint density at radius 1 is 0.933 bits per heavy atom. The lowest BCUT2D eigenvalue weighted by molar-refractivity contribution is 0.00822. The van der Waals surface area contributed by atoms with Gasteiger partial charge in [-0.15, -0.1) is 0 Å². The second-order valence-electron chi connectivity index (χ2n) is 5.70. The maximum Gasteiger partial charge on any atom is 0.0619 e. The maximum absolute atomic E-state index is 9.99. The summed E-state index contributed by atoms with van der Waals surface area (Å²) in [4.78, 5) is 0. The van der Waals surface area contributed by atoms with Crippen LogP contribution in [0.5, 0.6) is 0 Å². The Morgan fingerprint density at radius 2 is 1.47 bits per heavy atom. The molecule has 1 N–H and O–H groups in total. The SMILES string of the molecule is CCC(C)C(C)CCC(CC)C(C)(C)O. The highest BCUT2D eigenvalue weighted by atomic mass is 16.3. The van der Waals surface area contributed by atoms with Gasteiger partial charge in [0.05, 0.1) is 5.60 Å². The first-order valence-corrected chi connectivity index (χ1v) is 6.55. The minimum atomic E-state index is -0.510. The van der Waals surface area contributed by atoms with Gasteiger partial charge < -0.3 is 5.11 Å². The summed E-state index contributed by atoms with van der Waals surface area (Å²) in [6.07, 6.45) is 4.75. The monoisotopic (exact) mass is 214 g/mol. The first kappa shape index (κ1) is 15.0. The number of rotatable bonds is 7. The van der Waals surface area contributed by atoms with Gasteiger partial charge in [-0.25, -0.2) is 0 Å².